The van der Waals surface area contributed by atoms with Gasteiger partial charge in [0.05, 0.1) is 12.1 Å². The van der Waals surface area contributed by atoms with Crippen LogP contribution in [0.3, 0.4) is 0 Å². The first-order chi connectivity index (χ1) is 11.7. The predicted octanol–water partition coefficient (Wildman–Crippen LogP) is 4.18. The summed E-state index contributed by atoms with van der Waals surface area (Å²) in [6.45, 7) is -0.498. The zero-order chi connectivity index (χ0) is 16.9. The molecule has 1 aromatic heterocycles. The molecule has 1 heterocycles. The molecule has 0 bridgehead atoms. The molecule has 3 aromatic rings. The molecule has 0 unspecified atom stereocenters. The van der Waals surface area contributed by atoms with Gasteiger partial charge in [0.15, 0.2) is 17.3 Å². The van der Waals surface area contributed by atoms with E-state index in [0.29, 0.717) is 23.7 Å². The summed E-state index contributed by atoms with van der Waals surface area (Å²) in [4.78, 5) is 0. The third kappa shape index (κ3) is 3.40. The predicted molar refractivity (Wildman–Crippen MR) is 87.7 cm³/mol. The van der Waals surface area contributed by atoms with Crippen molar-refractivity contribution in [1.82, 2.24) is 10.2 Å². The minimum Gasteiger partial charge on any atom is -0.490 e. The summed E-state index contributed by atoms with van der Waals surface area (Å²) in [6, 6.07) is 12.7. The summed E-state index contributed by atoms with van der Waals surface area (Å²) in [5, 5.41) is 11.2. The van der Waals surface area contributed by atoms with Crippen LogP contribution in [-0.2, 0) is 6.54 Å². The molecule has 3 rings (SSSR count). The van der Waals surface area contributed by atoms with Gasteiger partial charge in [0.25, 0.3) is 0 Å². The van der Waals surface area contributed by atoms with Crippen molar-refractivity contribution in [2.45, 2.75) is 20.1 Å². The lowest BCUT2D eigenvalue weighted by Crippen LogP contribution is -2.09. The molecule has 126 valence electrons. The minimum atomic E-state index is -2.92. The summed E-state index contributed by atoms with van der Waals surface area (Å²) >= 11 is 0. The Balaban J connectivity index is 1.85. The fourth-order valence-corrected chi connectivity index (χ4v) is 2.47. The molecule has 2 N–H and O–H groups in total. The van der Waals surface area contributed by atoms with Gasteiger partial charge in [-0.3, -0.25) is 5.10 Å². The Labute approximate surface area is 137 Å². The quantitative estimate of drug-likeness (QED) is 0.681. The summed E-state index contributed by atoms with van der Waals surface area (Å²) in [5.74, 6) is 0.987. The lowest BCUT2D eigenvalue weighted by Gasteiger charge is -2.15. The number of nitrogens with one attached hydrogen (secondary N) is 2. The Morgan fingerprint density at radius 3 is 2.79 bits per heavy atom. The van der Waals surface area contributed by atoms with E-state index in [1.165, 1.54) is 0 Å². The second kappa shape index (κ2) is 7.16. The Morgan fingerprint density at radius 2 is 2.00 bits per heavy atom. The maximum Gasteiger partial charge on any atom is 0.387 e. The highest BCUT2D eigenvalue weighted by atomic mass is 19.3. The van der Waals surface area contributed by atoms with Crippen LogP contribution >= 0.6 is 0 Å². The van der Waals surface area contributed by atoms with E-state index >= 15 is 0 Å². The monoisotopic (exact) mass is 333 g/mol. The normalized spacial score (nSPS) is 11.0. The van der Waals surface area contributed by atoms with Crippen LogP contribution in [0.2, 0.25) is 0 Å². The molecule has 0 saturated carbocycles. The number of nitrogens with zero attached hydrogens (tertiary/aromatic N) is 1. The summed E-state index contributed by atoms with van der Waals surface area (Å²) in [5.41, 5.74) is 1.46. The van der Waals surface area contributed by atoms with Gasteiger partial charge in [0, 0.05) is 17.5 Å². The van der Waals surface area contributed by atoms with Crippen molar-refractivity contribution in [3.05, 3.63) is 48.0 Å². The van der Waals surface area contributed by atoms with Gasteiger partial charge in [-0.05, 0) is 25.1 Å². The van der Waals surface area contributed by atoms with Crippen LogP contribution in [0.4, 0.5) is 14.6 Å². The zero-order valence-electron chi connectivity index (χ0n) is 13.1. The number of ether oxygens (including phenoxy) is 2. The third-order valence-corrected chi connectivity index (χ3v) is 3.48. The maximum atomic E-state index is 12.7. The van der Waals surface area contributed by atoms with Crippen LogP contribution in [0.25, 0.3) is 10.9 Å². The summed E-state index contributed by atoms with van der Waals surface area (Å²) in [7, 11) is 0. The minimum absolute atomic E-state index is 0.0432. The molecule has 2 aromatic carbocycles. The van der Waals surface area contributed by atoms with Gasteiger partial charge in [-0.25, -0.2) is 0 Å². The van der Waals surface area contributed by atoms with Gasteiger partial charge in [0.1, 0.15) is 0 Å². The van der Waals surface area contributed by atoms with E-state index in [0.717, 1.165) is 10.9 Å². The number of benzene rings is 2. The molecule has 0 spiro atoms. The topological polar surface area (TPSA) is 59.2 Å². The Kier molecular flexibility index (Phi) is 4.79. The van der Waals surface area contributed by atoms with Crippen LogP contribution in [-0.4, -0.2) is 23.4 Å². The van der Waals surface area contributed by atoms with Gasteiger partial charge < -0.3 is 14.8 Å². The molecular formula is C17H17F2N3O2. The number of hydrogen-bond donors (Lipinski definition) is 2. The average molecular weight is 333 g/mol. The number of aromatic nitrogens is 2. The highest BCUT2D eigenvalue weighted by Gasteiger charge is 2.16. The molecule has 7 heteroatoms. The molecule has 0 atom stereocenters. The van der Waals surface area contributed by atoms with E-state index in [1.807, 2.05) is 24.3 Å². The standard InChI is InChI=1S/C17H17F2N3O2/c1-2-23-14-9-5-6-11(15(14)24-17(18)19)10-20-16-12-7-3-4-8-13(12)21-22-16/h3-9,17H,2,10H2,1H3,(H2,20,21,22). The number of aromatic amines is 1. The number of fused-ring (bicyclic) bond motifs is 1. The lowest BCUT2D eigenvalue weighted by atomic mass is 10.1. The second-order valence-electron chi connectivity index (χ2n) is 5.03. The number of para-hydroxylation sites is 2. The lowest BCUT2D eigenvalue weighted by molar-refractivity contribution is -0.0520. The molecule has 0 aliphatic carbocycles. The van der Waals surface area contributed by atoms with Crippen LogP contribution in [0.1, 0.15) is 12.5 Å². The fraction of sp³-hybridized carbons (Fsp3) is 0.235. The van der Waals surface area contributed by atoms with E-state index < -0.39 is 6.61 Å². The van der Waals surface area contributed by atoms with Crippen molar-refractivity contribution in [3.8, 4) is 11.5 Å². The Morgan fingerprint density at radius 1 is 1.17 bits per heavy atom. The van der Waals surface area contributed by atoms with E-state index in [1.54, 1.807) is 25.1 Å². The molecule has 24 heavy (non-hydrogen) atoms. The largest absolute Gasteiger partial charge is 0.490 e. The van der Waals surface area contributed by atoms with Crippen molar-refractivity contribution >= 4 is 16.7 Å². The zero-order valence-corrected chi connectivity index (χ0v) is 13.1. The highest BCUT2D eigenvalue weighted by Crippen LogP contribution is 2.33. The first kappa shape index (κ1) is 16.0. The molecule has 0 radical (unpaired) electrons. The molecule has 0 amide bonds. The highest BCUT2D eigenvalue weighted by molar-refractivity contribution is 5.89. The smallest absolute Gasteiger partial charge is 0.387 e. The summed E-state index contributed by atoms with van der Waals surface area (Å²) in [6.07, 6.45) is 0. The number of hydrogen-bond acceptors (Lipinski definition) is 4. The van der Waals surface area contributed by atoms with Crippen molar-refractivity contribution in [3.63, 3.8) is 0 Å². The third-order valence-electron chi connectivity index (χ3n) is 3.48. The fourth-order valence-electron chi connectivity index (χ4n) is 2.47. The van der Waals surface area contributed by atoms with Gasteiger partial charge in [-0.15, -0.1) is 0 Å². The molecule has 0 aliphatic rings. The van der Waals surface area contributed by atoms with Gasteiger partial charge in [-0.2, -0.15) is 13.9 Å². The first-order valence-electron chi connectivity index (χ1n) is 7.55. The average Bonchev–Trinajstić information content (AvgIpc) is 2.98. The Hall–Kier alpha value is -2.83. The van der Waals surface area contributed by atoms with Crippen LogP contribution < -0.4 is 14.8 Å². The van der Waals surface area contributed by atoms with Crippen molar-refractivity contribution in [2.75, 3.05) is 11.9 Å². The second-order valence-corrected chi connectivity index (χ2v) is 5.03. The van der Waals surface area contributed by atoms with Crippen LogP contribution in [0, 0.1) is 0 Å². The summed E-state index contributed by atoms with van der Waals surface area (Å²) < 4.78 is 35.5. The van der Waals surface area contributed by atoms with E-state index in [9.17, 15) is 8.78 Å². The molecule has 5 nitrogen and oxygen atoms in total. The molecule has 0 fully saturated rings. The van der Waals surface area contributed by atoms with Gasteiger partial charge >= 0.3 is 6.61 Å². The van der Waals surface area contributed by atoms with Crippen LogP contribution in [0.5, 0.6) is 11.5 Å². The molecular weight excluding hydrogens is 316 g/mol. The van der Waals surface area contributed by atoms with E-state index in [4.69, 9.17) is 4.74 Å². The number of H-pyrrole nitrogens is 1. The number of anilines is 1. The maximum absolute atomic E-state index is 12.7. The number of rotatable bonds is 7. The first-order valence-corrected chi connectivity index (χ1v) is 7.55. The van der Waals surface area contributed by atoms with Crippen molar-refractivity contribution in [2.24, 2.45) is 0 Å². The van der Waals surface area contributed by atoms with E-state index in [-0.39, 0.29) is 12.3 Å². The SMILES string of the molecule is CCOc1cccc(CNc2n[nH]c3ccccc23)c1OC(F)F. The van der Waals surface area contributed by atoms with Gasteiger partial charge in [-0.1, -0.05) is 24.3 Å². The van der Waals surface area contributed by atoms with Crippen LogP contribution in [0.15, 0.2) is 42.5 Å². The molecule has 0 aliphatic heterocycles. The Bertz CT molecular complexity index is 820. The van der Waals surface area contributed by atoms with E-state index in [2.05, 4.69) is 20.3 Å². The number of alkyl halides is 2. The number of halogens is 2. The van der Waals surface area contributed by atoms with Gasteiger partial charge in [0.2, 0.25) is 0 Å². The van der Waals surface area contributed by atoms with Crippen molar-refractivity contribution < 1.29 is 18.3 Å². The molecule has 0 saturated heterocycles. The van der Waals surface area contributed by atoms with Crippen molar-refractivity contribution in [1.29, 1.82) is 0 Å².